The third kappa shape index (κ3) is 3.14. The SMILES string of the molecule is CNC(=O)c1noc2c1CN(C[C@@]1(O)CNCCOC1)CC2. The summed E-state index contributed by atoms with van der Waals surface area (Å²) in [6.45, 7) is 3.97. The summed E-state index contributed by atoms with van der Waals surface area (Å²) in [7, 11) is 1.57. The number of nitrogens with zero attached hydrogens (tertiary/aromatic N) is 2. The van der Waals surface area contributed by atoms with E-state index >= 15 is 0 Å². The summed E-state index contributed by atoms with van der Waals surface area (Å²) in [5, 5.41) is 20.3. The Hall–Kier alpha value is -1.48. The lowest BCUT2D eigenvalue weighted by atomic mass is 10.0. The van der Waals surface area contributed by atoms with Crippen LogP contribution in [-0.4, -0.2) is 73.1 Å². The number of nitrogens with one attached hydrogen (secondary N) is 2. The summed E-state index contributed by atoms with van der Waals surface area (Å²) in [6, 6.07) is 0. The van der Waals surface area contributed by atoms with Crippen LogP contribution in [-0.2, 0) is 17.7 Å². The minimum absolute atomic E-state index is 0.245. The third-order valence-electron chi connectivity index (χ3n) is 4.11. The average Bonchev–Trinajstić information content (AvgIpc) is 2.81. The lowest BCUT2D eigenvalue weighted by molar-refractivity contribution is -0.0514. The third-order valence-corrected chi connectivity index (χ3v) is 4.11. The molecule has 0 unspecified atom stereocenters. The van der Waals surface area contributed by atoms with Crippen molar-refractivity contribution < 1.29 is 19.2 Å². The van der Waals surface area contributed by atoms with Gasteiger partial charge in [-0.05, 0) is 0 Å². The molecule has 3 heterocycles. The normalized spacial score (nSPS) is 26.3. The van der Waals surface area contributed by atoms with Gasteiger partial charge < -0.3 is 25.0 Å². The van der Waals surface area contributed by atoms with Gasteiger partial charge in [0.05, 0.1) is 13.2 Å². The van der Waals surface area contributed by atoms with E-state index in [0.717, 1.165) is 24.4 Å². The number of fused-ring (bicyclic) bond motifs is 1. The Morgan fingerprint density at radius 3 is 3.27 bits per heavy atom. The molecule has 3 rings (SSSR count). The molecule has 0 aromatic carbocycles. The fraction of sp³-hybridized carbons (Fsp3) is 0.714. The molecule has 122 valence electrons. The van der Waals surface area contributed by atoms with Crippen molar-refractivity contribution in [3.63, 3.8) is 0 Å². The summed E-state index contributed by atoms with van der Waals surface area (Å²) in [5.74, 6) is 0.516. The lowest BCUT2D eigenvalue weighted by Gasteiger charge is -2.34. The van der Waals surface area contributed by atoms with Crippen LogP contribution in [0, 0.1) is 0 Å². The van der Waals surface area contributed by atoms with Gasteiger partial charge in [-0.1, -0.05) is 5.16 Å². The predicted molar refractivity (Wildman–Crippen MR) is 77.5 cm³/mol. The van der Waals surface area contributed by atoms with E-state index in [1.165, 1.54) is 0 Å². The van der Waals surface area contributed by atoms with E-state index in [4.69, 9.17) is 9.26 Å². The van der Waals surface area contributed by atoms with E-state index in [1.54, 1.807) is 7.05 Å². The van der Waals surface area contributed by atoms with Crippen molar-refractivity contribution in [1.82, 2.24) is 20.7 Å². The number of β-amino-alcohol motifs (C(OH)–C–C–N with tert-alkyl or cyclic N) is 1. The Balaban J connectivity index is 1.70. The van der Waals surface area contributed by atoms with Crippen LogP contribution in [0.15, 0.2) is 4.52 Å². The van der Waals surface area contributed by atoms with Crippen molar-refractivity contribution in [2.24, 2.45) is 0 Å². The Morgan fingerprint density at radius 1 is 1.59 bits per heavy atom. The number of hydrogen-bond donors (Lipinski definition) is 3. The number of hydrogen-bond acceptors (Lipinski definition) is 7. The number of ether oxygens (including phenoxy) is 1. The highest BCUT2D eigenvalue weighted by atomic mass is 16.5. The number of carbonyl (C=O) groups excluding carboxylic acids is 1. The van der Waals surface area contributed by atoms with Crippen LogP contribution >= 0.6 is 0 Å². The maximum absolute atomic E-state index is 11.8. The molecule has 22 heavy (non-hydrogen) atoms. The second kappa shape index (κ2) is 6.33. The van der Waals surface area contributed by atoms with Crippen molar-refractivity contribution in [2.75, 3.05) is 46.4 Å². The van der Waals surface area contributed by atoms with E-state index in [9.17, 15) is 9.90 Å². The van der Waals surface area contributed by atoms with E-state index < -0.39 is 5.60 Å². The largest absolute Gasteiger partial charge is 0.385 e. The summed E-state index contributed by atoms with van der Waals surface area (Å²) < 4.78 is 10.7. The highest BCUT2D eigenvalue weighted by molar-refractivity contribution is 5.93. The zero-order chi connectivity index (χ0) is 15.6. The monoisotopic (exact) mass is 310 g/mol. The minimum Gasteiger partial charge on any atom is -0.385 e. The van der Waals surface area contributed by atoms with Gasteiger partial charge in [0.1, 0.15) is 11.4 Å². The fourth-order valence-electron chi connectivity index (χ4n) is 2.99. The molecule has 1 saturated heterocycles. The van der Waals surface area contributed by atoms with E-state index in [-0.39, 0.29) is 5.91 Å². The lowest BCUT2D eigenvalue weighted by Crippen LogP contribution is -2.52. The number of rotatable bonds is 3. The first-order valence-corrected chi connectivity index (χ1v) is 7.54. The Kier molecular flexibility index (Phi) is 4.44. The van der Waals surface area contributed by atoms with Crippen molar-refractivity contribution in [2.45, 2.75) is 18.6 Å². The molecule has 8 heteroatoms. The van der Waals surface area contributed by atoms with Gasteiger partial charge in [0, 0.05) is 51.8 Å². The van der Waals surface area contributed by atoms with Crippen LogP contribution < -0.4 is 10.6 Å². The van der Waals surface area contributed by atoms with Crippen molar-refractivity contribution >= 4 is 5.91 Å². The smallest absolute Gasteiger partial charge is 0.273 e. The molecule has 8 nitrogen and oxygen atoms in total. The second-order valence-electron chi connectivity index (χ2n) is 5.93. The van der Waals surface area contributed by atoms with Gasteiger partial charge in [0.2, 0.25) is 0 Å². The molecule has 0 spiro atoms. The summed E-state index contributed by atoms with van der Waals surface area (Å²) >= 11 is 0. The highest BCUT2D eigenvalue weighted by Crippen LogP contribution is 2.24. The molecule has 3 N–H and O–H groups in total. The fourth-order valence-corrected chi connectivity index (χ4v) is 2.99. The predicted octanol–water partition coefficient (Wildman–Crippen LogP) is -1.26. The van der Waals surface area contributed by atoms with Gasteiger partial charge in [-0.3, -0.25) is 9.69 Å². The van der Waals surface area contributed by atoms with E-state index in [2.05, 4.69) is 20.7 Å². The molecule has 0 radical (unpaired) electrons. The van der Waals surface area contributed by atoms with Gasteiger partial charge in [0.25, 0.3) is 5.91 Å². The first-order valence-electron chi connectivity index (χ1n) is 7.54. The molecule has 2 aliphatic heterocycles. The second-order valence-corrected chi connectivity index (χ2v) is 5.93. The van der Waals surface area contributed by atoms with Crippen LogP contribution in [0.2, 0.25) is 0 Å². The molecule has 1 fully saturated rings. The van der Waals surface area contributed by atoms with Gasteiger partial charge in [0.15, 0.2) is 5.69 Å². The zero-order valence-corrected chi connectivity index (χ0v) is 12.7. The minimum atomic E-state index is -0.918. The van der Waals surface area contributed by atoms with Crippen LogP contribution in [0.3, 0.4) is 0 Å². The highest BCUT2D eigenvalue weighted by Gasteiger charge is 2.34. The number of aromatic nitrogens is 1. The average molecular weight is 310 g/mol. The van der Waals surface area contributed by atoms with Gasteiger partial charge in [-0.25, -0.2) is 0 Å². The first kappa shape index (κ1) is 15.4. The van der Waals surface area contributed by atoms with Crippen LogP contribution in [0.4, 0.5) is 0 Å². The van der Waals surface area contributed by atoms with Crippen LogP contribution in [0.1, 0.15) is 21.8 Å². The molecule has 0 aliphatic carbocycles. The van der Waals surface area contributed by atoms with Gasteiger partial charge in [-0.2, -0.15) is 0 Å². The molecule has 1 amide bonds. The quantitative estimate of drug-likeness (QED) is 0.641. The molecule has 1 atom stereocenters. The number of aliphatic hydroxyl groups is 1. The first-order chi connectivity index (χ1) is 10.6. The molecule has 1 aromatic heterocycles. The van der Waals surface area contributed by atoms with Gasteiger partial charge in [-0.15, -0.1) is 0 Å². The Morgan fingerprint density at radius 2 is 2.45 bits per heavy atom. The summed E-state index contributed by atoms with van der Waals surface area (Å²) in [5.41, 5.74) is 0.236. The van der Waals surface area contributed by atoms with Gasteiger partial charge >= 0.3 is 0 Å². The molecule has 0 saturated carbocycles. The summed E-state index contributed by atoms with van der Waals surface area (Å²) in [4.78, 5) is 13.9. The molecular formula is C14H22N4O4. The maximum Gasteiger partial charge on any atom is 0.273 e. The molecule has 0 bridgehead atoms. The molecule has 1 aromatic rings. The van der Waals surface area contributed by atoms with Crippen molar-refractivity contribution in [3.05, 3.63) is 17.0 Å². The zero-order valence-electron chi connectivity index (χ0n) is 12.7. The Labute approximate surface area is 128 Å². The Bertz CT molecular complexity index is 537. The van der Waals surface area contributed by atoms with Crippen molar-refractivity contribution in [3.8, 4) is 0 Å². The maximum atomic E-state index is 11.8. The van der Waals surface area contributed by atoms with Crippen molar-refractivity contribution in [1.29, 1.82) is 0 Å². The van der Waals surface area contributed by atoms with Crippen LogP contribution in [0.25, 0.3) is 0 Å². The summed E-state index contributed by atoms with van der Waals surface area (Å²) in [6.07, 6.45) is 0.684. The molecule has 2 aliphatic rings. The molecular weight excluding hydrogens is 288 g/mol. The standard InChI is InChI=1S/C14H22N4O4/c1-15-13(19)12-10-6-18(4-2-11(10)22-17-12)8-14(20)7-16-3-5-21-9-14/h16,20H,2-9H2,1H3,(H,15,19)/t14-/m0/s1. The number of carbonyl (C=O) groups is 1. The number of amides is 1. The van der Waals surface area contributed by atoms with E-state index in [1.807, 2.05) is 0 Å². The van der Waals surface area contributed by atoms with E-state index in [0.29, 0.717) is 45.0 Å². The topological polar surface area (TPSA) is 99.9 Å². The van der Waals surface area contributed by atoms with Crippen LogP contribution in [0.5, 0.6) is 0 Å².